The summed E-state index contributed by atoms with van der Waals surface area (Å²) in [4.78, 5) is 96.7. The summed E-state index contributed by atoms with van der Waals surface area (Å²) < 4.78 is 18.4. The van der Waals surface area contributed by atoms with E-state index in [1.807, 2.05) is 12.1 Å². The summed E-state index contributed by atoms with van der Waals surface area (Å²) >= 11 is 0. The largest absolute Gasteiger partial charge is 0.496 e. The van der Waals surface area contributed by atoms with E-state index in [1.165, 1.54) is 29.9 Å². The zero-order chi connectivity index (χ0) is 41.7. The predicted octanol–water partition coefficient (Wildman–Crippen LogP) is 2.69. The number of imide groups is 2. The third-order valence-corrected chi connectivity index (χ3v) is 10.4. The molecular formula is C41H45N7O10. The number of aryl methyl sites for hydroxylation is 1. The van der Waals surface area contributed by atoms with E-state index in [4.69, 9.17) is 14.2 Å². The van der Waals surface area contributed by atoms with E-state index in [1.54, 1.807) is 62.7 Å². The number of ether oxygens (including phenoxy) is 3. The van der Waals surface area contributed by atoms with Crippen LogP contribution in [0.3, 0.4) is 0 Å². The third kappa shape index (κ3) is 8.11. The monoisotopic (exact) mass is 795 g/mol. The Morgan fingerprint density at radius 1 is 1.00 bits per heavy atom. The van der Waals surface area contributed by atoms with Crippen LogP contribution >= 0.6 is 0 Å². The van der Waals surface area contributed by atoms with Crippen LogP contribution in [0, 0.1) is 0 Å². The van der Waals surface area contributed by atoms with E-state index in [0.29, 0.717) is 65.9 Å². The maximum atomic E-state index is 13.6. The van der Waals surface area contributed by atoms with Crippen LogP contribution in [0.4, 0.5) is 5.69 Å². The summed E-state index contributed by atoms with van der Waals surface area (Å²) in [6, 6.07) is 9.26. The molecule has 0 aliphatic carbocycles. The number of amides is 5. The lowest BCUT2D eigenvalue weighted by atomic mass is 9.99. The molecule has 1 fully saturated rings. The summed E-state index contributed by atoms with van der Waals surface area (Å²) in [5, 5.41) is 6.60. The Hall–Kier alpha value is -6.62. The minimum absolute atomic E-state index is 0.0362. The first kappa shape index (κ1) is 41.0. The number of benzene rings is 2. The molecule has 1 saturated heterocycles. The van der Waals surface area contributed by atoms with E-state index in [2.05, 4.69) is 15.6 Å². The first-order valence-electron chi connectivity index (χ1n) is 18.7. The van der Waals surface area contributed by atoms with Gasteiger partial charge < -0.3 is 29.0 Å². The van der Waals surface area contributed by atoms with Gasteiger partial charge in [0.25, 0.3) is 29.8 Å². The van der Waals surface area contributed by atoms with Gasteiger partial charge in [0.2, 0.25) is 18.0 Å². The zero-order valence-electron chi connectivity index (χ0n) is 32.9. The van der Waals surface area contributed by atoms with Crippen LogP contribution in [0.1, 0.15) is 58.4 Å². The first-order chi connectivity index (χ1) is 27.9. The van der Waals surface area contributed by atoms with Gasteiger partial charge >= 0.3 is 0 Å². The molecule has 2 aliphatic heterocycles. The highest BCUT2D eigenvalue weighted by atomic mass is 16.5. The Kier molecular flexibility index (Phi) is 12.5. The average Bonchev–Trinajstić information content (AvgIpc) is 3.48. The Morgan fingerprint density at radius 2 is 1.74 bits per heavy atom. The molecule has 0 saturated carbocycles. The number of carbonyl (C=O) groups is 6. The van der Waals surface area contributed by atoms with Gasteiger partial charge in [-0.05, 0) is 74.0 Å². The van der Waals surface area contributed by atoms with E-state index in [0.717, 1.165) is 16.0 Å². The molecule has 0 bridgehead atoms. The van der Waals surface area contributed by atoms with Crippen molar-refractivity contribution in [1.29, 1.82) is 0 Å². The molecule has 0 radical (unpaired) electrons. The SMILES string of the molecule is COc1cc(-c2cn(C)c(=O)c3cnccc23)cc(OC)c1CN(C)C(OC=O)C(=O)N(C)CCCCCNc1cccc2c1C(=O)N(C1CCC(=O)NC1=O)C2=O. The molecular weight excluding hydrogens is 750 g/mol. The van der Waals surface area contributed by atoms with Crippen molar-refractivity contribution in [2.75, 3.05) is 46.7 Å². The molecule has 6 rings (SSSR count). The summed E-state index contributed by atoms with van der Waals surface area (Å²) in [6.45, 7) is 1.17. The Morgan fingerprint density at radius 3 is 2.43 bits per heavy atom. The van der Waals surface area contributed by atoms with Crippen molar-refractivity contribution in [2.24, 2.45) is 7.05 Å². The molecule has 2 aliphatic rings. The molecule has 2 atom stereocenters. The maximum Gasteiger partial charge on any atom is 0.295 e. The molecule has 4 heterocycles. The molecule has 4 aromatic rings. The number of piperidine rings is 1. The van der Waals surface area contributed by atoms with E-state index in [-0.39, 0.29) is 42.5 Å². The van der Waals surface area contributed by atoms with Crippen molar-refractivity contribution in [3.05, 3.63) is 82.0 Å². The Bertz CT molecular complexity index is 2320. The van der Waals surface area contributed by atoms with Gasteiger partial charge in [0.1, 0.15) is 17.5 Å². The number of hydrogen-bond acceptors (Lipinski definition) is 13. The third-order valence-electron chi connectivity index (χ3n) is 10.4. The van der Waals surface area contributed by atoms with Gasteiger partial charge in [-0.1, -0.05) is 6.07 Å². The van der Waals surface area contributed by atoms with Gasteiger partial charge in [0.05, 0.1) is 36.3 Å². The molecule has 17 heteroatoms. The van der Waals surface area contributed by atoms with Crippen LogP contribution in [-0.2, 0) is 37.5 Å². The quantitative estimate of drug-likeness (QED) is 0.0685. The molecule has 2 N–H and O–H groups in total. The average molecular weight is 796 g/mol. The van der Waals surface area contributed by atoms with Crippen molar-refractivity contribution in [3.63, 3.8) is 0 Å². The second kappa shape index (κ2) is 17.7. The molecule has 17 nitrogen and oxygen atoms in total. The number of likely N-dealkylation sites (N-methyl/N-ethyl adjacent to an activating group) is 2. The fraction of sp³-hybridized carbons (Fsp3) is 0.366. The number of anilines is 1. The Balaban J connectivity index is 1.05. The van der Waals surface area contributed by atoms with E-state index >= 15 is 0 Å². The van der Waals surface area contributed by atoms with E-state index in [9.17, 15) is 33.6 Å². The summed E-state index contributed by atoms with van der Waals surface area (Å²) in [5.41, 5.74) is 2.77. The van der Waals surface area contributed by atoms with Crippen LogP contribution in [0.5, 0.6) is 11.5 Å². The number of fused-ring (bicyclic) bond motifs is 2. The molecule has 304 valence electrons. The van der Waals surface area contributed by atoms with Gasteiger partial charge in [-0.3, -0.25) is 53.7 Å². The fourth-order valence-corrected chi connectivity index (χ4v) is 7.41. The molecule has 2 aromatic heterocycles. The lowest BCUT2D eigenvalue weighted by Gasteiger charge is -2.30. The van der Waals surface area contributed by atoms with E-state index < -0.39 is 41.8 Å². The molecule has 0 spiro atoms. The van der Waals surface area contributed by atoms with Gasteiger partial charge in [-0.2, -0.15) is 0 Å². The number of carbonyl (C=O) groups excluding carboxylic acids is 6. The summed E-state index contributed by atoms with van der Waals surface area (Å²) in [5.74, 6) is -1.79. The van der Waals surface area contributed by atoms with Crippen LogP contribution in [0.2, 0.25) is 0 Å². The number of rotatable bonds is 17. The van der Waals surface area contributed by atoms with Crippen LogP contribution < -0.4 is 25.7 Å². The number of pyridine rings is 2. The van der Waals surface area contributed by atoms with Crippen molar-refractivity contribution in [2.45, 2.75) is 50.9 Å². The summed E-state index contributed by atoms with van der Waals surface area (Å²) in [6.07, 6.45) is 5.74. The number of nitrogens with zero attached hydrogens (tertiary/aromatic N) is 5. The van der Waals surface area contributed by atoms with Crippen molar-refractivity contribution >= 4 is 52.5 Å². The van der Waals surface area contributed by atoms with Gasteiger partial charge in [-0.15, -0.1) is 0 Å². The minimum atomic E-state index is -1.25. The maximum absolute atomic E-state index is 13.6. The number of unbranched alkanes of at least 4 members (excludes halogenated alkanes) is 2. The Labute approximate surface area is 333 Å². The summed E-state index contributed by atoms with van der Waals surface area (Å²) in [7, 11) is 7.98. The van der Waals surface area contributed by atoms with Crippen LogP contribution in [0.15, 0.2) is 59.8 Å². The normalized spacial score (nSPS) is 15.6. The van der Waals surface area contributed by atoms with Crippen molar-refractivity contribution in [3.8, 4) is 22.6 Å². The standard InChI is InChI=1S/C41H45N7O10/c1-45(17-8-6-7-15-43-30-11-9-10-26-35(30)39(54)48(38(26)53)31-12-13-34(50)44-36(31)51)40(55)41(58-23-49)47(3)22-29-32(56-4)18-24(19-33(29)57-5)28-21-46(2)37(52)27-20-42-16-14-25(27)28/h9-11,14,16,18-21,23,31,41,43H,6-8,12-13,15,17,22H2,1-5H3,(H,44,50,51). The number of hydrogen-bond donors (Lipinski definition) is 2. The second-order valence-electron chi connectivity index (χ2n) is 14.2. The minimum Gasteiger partial charge on any atom is -0.496 e. The predicted molar refractivity (Wildman–Crippen MR) is 211 cm³/mol. The topological polar surface area (TPSA) is 199 Å². The number of nitrogens with one attached hydrogen (secondary N) is 2. The van der Waals surface area contributed by atoms with Crippen molar-refractivity contribution in [1.82, 2.24) is 29.6 Å². The lowest BCUT2D eigenvalue weighted by Crippen LogP contribution is -2.54. The zero-order valence-corrected chi connectivity index (χ0v) is 32.9. The van der Waals surface area contributed by atoms with Crippen LogP contribution in [0.25, 0.3) is 21.9 Å². The van der Waals surface area contributed by atoms with Crippen molar-refractivity contribution < 1.29 is 43.0 Å². The number of methoxy groups -OCH3 is 2. The smallest absolute Gasteiger partial charge is 0.295 e. The van der Waals surface area contributed by atoms with Gasteiger partial charge in [-0.25, -0.2) is 0 Å². The van der Waals surface area contributed by atoms with Crippen LogP contribution in [-0.4, -0.2) is 114 Å². The second-order valence-corrected chi connectivity index (χ2v) is 14.2. The number of aromatic nitrogens is 2. The highest BCUT2D eigenvalue weighted by Gasteiger charge is 2.45. The van der Waals surface area contributed by atoms with Gasteiger partial charge in [0, 0.05) is 70.0 Å². The molecule has 2 aromatic carbocycles. The lowest BCUT2D eigenvalue weighted by molar-refractivity contribution is -0.162. The fourth-order valence-electron chi connectivity index (χ4n) is 7.41. The highest BCUT2D eigenvalue weighted by Crippen LogP contribution is 2.38. The first-order valence-corrected chi connectivity index (χ1v) is 18.7. The highest BCUT2D eigenvalue weighted by molar-refractivity contribution is 6.25. The molecule has 2 unspecified atom stereocenters. The molecule has 58 heavy (non-hydrogen) atoms. The van der Waals surface area contributed by atoms with Gasteiger partial charge in [0.15, 0.2) is 0 Å². The molecule has 5 amide bonds.